The highest BCUT2D eigenvalue weighted by atomic mass is 19.1. The van der Waals surface area contributed by atoms with E-state index >= 15 is 0 Å². The quantitative estimate of drug-likeness (QED) is 0.819. The van der Waals surface area contributed by atoms with Gasteiger partial charge in [-0.15, -0.1) is 0 Å². The molecule has 4 nitrogen and oxygen atoms in total. The van der Waals surface area contributed by atoms with Crippen molar-refractivity contribution in [1.82, 2.24) is 9.80 Å². The van der Waals surface area contributed by atoms with Crippen LogP contribution in [0.25, 0.3) is 0 Å². The zero-order chi connectivity index (χ0) is 13.3. The van der Waals surface area contributed by atoms with Crippen LogP contribution >= 0.6 is 0 Å². The third-order valence-electron chi connectivity index (χ3n) is 3.43. The molecule has 1 heterocycles. The number of halogens is 1. The maximum Gasteiger partial charge on any atom is 0.256 e. The van der Waals surface area contributed by atoms with Gasteiger partial charge in [-0.1, -0.05) is 0 Å². The molecule has 18 heavy (non-hydrogen) atoms. The highest BCUT2D eigenvalue weighted by molar-refractivity contribution is 5.94. The van der Waals surface area contributed by atoms with E-state index in [-0.39, 0.29) is 23.3 Å². The fraction of sp³-hybridized carbons (Fsp3) is 0.462. The van der Waals surface area contributed by atoms with Crippen molar-refractivity contribution in [3.05, 3.63) is 29.6 Å². The molecule has 1 saturated heterocycles. The summed E-state index contributed by atoms with van der Waals surface area (Å²) in [4.78, 5) is 16.0. The molecule has 0 radical (unpaired) electrons. The fourth-order valence-electron chi connectivity index (χ4n) is 2.08. The molecular formula is C13H17FN2O2. The molecule has 0 aromatic heterocycles. The van der Waals surface area contributed by atoms with E-state index in [1.54, 1.807) is 4.90 Å². The number of carbonyl (C=O) groups is 1. The summed E-state index contributed by atoms with van der Waals surface area (Å²) >= 11 is 0. The van der Waals surface area contributed by atoms with Crippen molar-refractivity contribution < 1.29 is 14.3 Å². The molecule has 1 atom stereocenters. The van der Waals surface area contributed by atoms with E-state index in [0.717, 1.165) is 12.6 Å². The summed E-state index contributed by atoms with van der Waals surface area (Å²) in [5.74, 6) is -1.16. The van der Waals surface area contributed by atoms with Gasteiger partial charge in [-0.05, 0) is 26.1 Å². The van der Waals surface area contributed by atoms with Gasteiger partial charge in [0.2, 0.25) is 0 Å². The van der Waals surface area contributed by atoms with Gasteiger partial charge < -0.3 is 14.9 Å². The number of amides is 1. The Labute approximate surface area is 106 Å². The van der Waals surface area contributed by atoms with Crippen LogP contribution in [0.3, 0.4) is 0 Å². The van der Waals surface area contributed by atoms with Gasteiger partial charge in [0.25, 0.3) is 5.91 Å². The Kier molecular flexibility index (Phi) is 3.52. The molecule has 1 aliphatic heterocycles. The second-order valence-corrected chi connectivity index (χ2v) is 4.74. The van der Waals surface area contributed by atoms with E-state index in [2.05, 4.69) is 4.90 Å². The first-order valence-electron chi connectivity index (χ1n) is 5.97. The third kappa shape index (κ3) is 2.46. The summed E-state index contributed by atoms with van der Waals surface area (Å²) in [5, 5.41) is 9.13. The lowest BCUT2D eigenvalue weighted by Crippen LogP contribution is -2.52. The lowest BCUT2D eigenvalue weighted by atomic mass is 10.1. The molecular weight excluding hydrogens is 235 g/mol. The van der Waals surface area contributed by atoms with Crippen LogP contribution in [0.4, 0.5) is 4.39 Å². The molecule has 0 aliphatic carbocycles. The van der Waals surface area contributed by atoms with Gasteiger partial charge in [-0.2, -0.15) is 0 Å². The number of benzene rings is 1. The molecule has 1 aromatic rings. The van der Waals surface area contributed by atoms with Crippen LogP contribution < -0.4 is 0 Å². The van der Waals surface area contributed by atoms with Gasteiger partial charge in [0.1, 0.15) is 11.6 Å². The summed E-state index contributed by atoms with van der Waals surface area (Å²) in [6.45, 7) is 4.01. The predicted molar refractivity (Wildman–Crippen MR) is 66.1 cm³/mol. The van der Waals surface area contributed by atoms with Crippen molar-refractivity contribution >= 4 is 5.91 Å². The molecule has 2 rings (SSSR count). The van der Waals surface area contributed by atoms with E-state index < -0.39 is 5.82 Å². The van der Waals surface area contributed by atoms with Crippen molar-refractivity contribution in [2.24, 2.45) is 0 Å². The van der Waals surface area contributed by atoms with Crippen LogP contribution in [-0.2, 0) is 0 Å². The van der Waals surface area contributed by atoms with Crippen molar-refractivity contribution in [1.29, 1.82) is 0 Å². The minimum Gasteiger partial charge on any atom is -0.508 e. The molecule has 1 aromatic carbocycles. The molecule has 1 unspecified atom stereocenters. The zero-order valence-corrected chi connectivity index (χ0v) is 10.6. The van der Waals surface area contributed by atoms with Gasteiger partial charge in [-0.3, -0.25) is 4.79 Å². The second kappa shape index (κ2) is 4.94. The summed E-state index contributed by atoms with van der Waals surface area (Å²) in [7, 11) is 2.01. The third-order valence-corrected chi connectivity index (χ3v) is 3.43. The summed E-state index contributed by atoms with van der Waals surface area (Å²) in [6, 6.07) is 3.89. The first-order chi connectivity index (χ1) is 8.49. The Hall–Kier alpha value is -1.62. The first-order valence-corrected chi connectivity index (χ1v) is 5.97. The Morgan fingerprint density at radius 2 is 2.17 bits per heavy atom. The monoisotopic (exact) mass is 252 g/mol. The largest absolute Gasteiger partial charge is 0.508 e. The Morgan fingerprint density at radius 3 is 2.78 bits per heavy atom. The number of rotatable bonds is 1. The second-order valence-electron chi connectivity index (χ2n) is 4.74. The number of nitrogens with zero attached hydrogens (tertiary/aromatic N) is 2. The molecule has 5 heteroatoms. The van der Waals surface area contributed by atoms with Gasteiger partial charge in [-0.25, -0.2) is 4.39 Å². The maximum atomic E-state index is 13.6. The molecule has 1 amide bonds. The van der Waals surface area contributed by atoms with Crippen molar-refractivity contribution in [2.75, 3.05) is 26.7 Å². The van der Waals surface area contributed by atoms with Crippen LogP contribution in [0, 0.1) is 5.82 Å². The van der Waals surface area contributed by atoms with E-state index in [1.165, 1.54) is 12.1 Å². The van der Waals surface area contributed by atoms with E-state index in [4.69, 9.17) is 5.11 Å². The van der Waals surface area contributed by atoms with Crippen molar-refractivity contribution in [3.8, 4) is 5.75 Å². The number of carbonyl (C=O) groups excluding carboxylic acids is 1. The van der Waals surface area contributed by atoms with Crippen molar-refractivity contribution in [3.63, 3.8) is 0 Å². The molecule has 0 spiro atoms. The Bertz CT molecular complexity index is 464. The minimum absolute atomic E-state index is 0.0181. The normalized spacial score (nSPS) is 21.1. The van der Waals surface area contributed by atoms with E-state index in [9.17, 15) is 9.18 Å². The summed E-state index contributed by atoms with van der Waals surface area (Å²) in [5.41, 5.74) is 0.0181. The molecule has 0 saturated carbocycles. The zero-order valence-electron chi connectivity index (χ0n) is 10.6. The number of piperazine rings is 1. The Balaban J connectivity index is 2.16. The van der Waals surface area contributed by atoms with Gasteiger partial charge in [0, 0.05) is 31.7 Å². The number of aromatic hydroxyl groups is 1. The molecule has 1 fully saturated rings. The van der Waals surface area contributed by atoms with E-state index in [0.29, 0.717) is 13.1 Å². The van der Waals surface area contributed by atoms with E-state index in [1.807, 2.05) is 14.0 Å². The van der Waals surface area contributed by atoms with Crippen molar-refractivity contribution in [2.45, 2.75) is 13.0 Å². The van der Waals surface area contributed by atoms with Crippen LogP contribution in [0.5, 0.6) is 5.75 Å². The van der Waals surface area contributed by atoms with Crippen LogP contribution in [-0.4, -0.2) is 53.5 Å². The standard InChI is InChI=1S/C13H17FN2O2/c1-9-8-16(6-5-15(9)2)13(18)11-4-3-10(17)7-12(11)14/h3-4,7,9,17H,5-6,8H2,1-2H3. The number of phenols is 1. The average molecular weight is 252 g/mol. The van der Waals surface area contributed by atoms with Crippen LogP contribution in [0.15, 0.2) is 18.2 Å². The maximum absolute atomic E-state index is 13.6. The minimum atomic E-state index is -0.674. The molecule has 1 aliphatic rings. The molecule has 0 bridgehead atoms. The van der Waals surface area contributed by atoms with Gasteiger partial charge in [0.05, 0.1) is 5.56 Å². The number of hydrogen-bond acceptors (Lipinski definition) is 3. The highest BCUT2D eigenvalue weighted by Crippen LogP contribution is 2.18. The van der Waals surface area contributed by atoms with Gasteiger partial charge >= 0.3 is 0 Å². The van der Waals surface area contributed by atoms with Crippen LogP contribution in [0.2, 0.25) is 0 Å². The first kappa shape index (κ1) is 12.8. The SMILES string of the molecule is CC1CN(C(=O)c2ccc(O)cc2F)CCN1C. The smallest absolute Gasteiger partial charge is 0.256 e. The summed E-state index contributed by atoms with van der Waals surface area (Å²) in [6.07, 6.45) is 0. The number of phenolic OH excluding ortho intramolecular Hbond substituents is 1. The molecule has 1 N–H and O–H groups in total. The average Bonchev–Trinajstić information content (AvgIpc) is 2.32. The van der Waals surface area contributed by atoms with Gasteiger partial charge in [0.15, 0.2) is 0 Å². The number of likely N-dealkylation sites (N-methyl/N-ethyl adjacent to an activating group) is 1. The number of hydrogen-bond donors (Lipinski definition) is 1. The lowest BCUT2D eigenvalue weighted by molar-refractivity contribution is 0.0568. The Morgan fingerprint density at radius 1 is 1.44 bits per heavy atom. The summed E-state index contributed by atoms with van der Waals surface area (Å²) < 4.78 is 13.6. The lowest BCUT2D eigenvalue weighted by Gasteiger charge is -2.37. The predicted octanol–water partition coefficient (Wildman–Crippen LogP) is 1.31. The highest BCUT2D eigenvalue weighted by Gasteiger charge is 2.26. The molecule has 98 valence electrons. The van der Waals surface area contributed by atoms with Crippen LogP contribution in [0.1, 0.15) is 17.3 Å². The fourth-order valence-corrected chi connectivity index (χ4v) is 2.08. The topological polar surface area (TPSA) is 43.8 Å².